The van der Waals surface area contributed by atoms with E-state index in [2.05, 4.69) is 15.5 Å². The van der Waals surface area contributed by atoms with Crippen LogP contribution >= 0.6 is 23.2 Å². The number of anilines is 1. The molecule has 2 aromatic rings. The SMILES string of the molecule is COc1ccc(N=NC(C(C)=O)C(=O)Nc2ccc(Cl)c(OC)c2OC)c(OC)c1Cl. The molecule has 0 saturated carbocycles. The van der Waals surface area contributed by atoms with Crippen molar-refractivity contribution in [3.05, 3.63) is 34.3 Å². The number of halogens is 2. The number of rotatable bonds is 9. The number of azo groups is 1. The number of ether oxygens (including phenoxy) is 4. The van der Waals surface area contributed by atoms with E-state index in [1.54, 1.807) is 6.07 Å². The second-order valence-electron chi connectivity index (χ2n) is 6.01. The first-order valence-electron chi connectivity index (χ1n) is 8.82. The van der Waals surface area contributed by atoms with Crippen molar-refractivity contribution in [1.82, 2.24) is 0 Å². The summed E-state index contributed by atoms with van der Waals surface area (Å²) in [5.41, 5.74) is 0.471. The van der Waals surface area contributed by atoms with Gasteiger partial charge in [0.15, 0.2) is 23.0 Å². The average molecular weight is 470 g/mol. The maximum atomic E-state index is 12.8. The first-order chi connectivity index (χ1) is 14.8. The Kier molecular flexibility index (Phi) is 8.47. The lowest BCUT2D eigenvalue weighted by Crippen LogP contribution is -2.32. The maximum absolute atomic E-state index is 12.8. The second-order valence-corrected chi connectivity index (χ2v) is 6.80. The standard InChI is InChI=1S/C20H21Cl2N3O6/c1-10(26)16(25-24-13-8-9-14(28-2)15(22)18(13)30-4)20(27)23-12-7-6-11(21)17(29-3)19(12)31-5/h6-9,16H,1-5H3,(H,23,27). The largest absolute Gasteiger partial charge is 0.495 e. The number of amides is 1. The monoisotopic (exact) mass is 469 g/mol. The van der Waals surface area contributed by atoms with E-state index in [1.807, 2.05) is 0 Å². The molecule has 0 aliphatic heterocycles. The quantitative estimate of drug-likeness (QED) is 0.420. The number of hydrogen-bond donors (Lipinski definition) is 1. The highest BCUT2D eigenvalue weighted by Crippen LogP contribution is 2.42. The number of nitrogens with one attached hydrogen (secondary N) is 1. The summed E-state index contributed by atoms with van der Waals surface area (Å²) in [4.78, 5) is 24.8. The van der Waals surface area contributed by atoms with Crippen LogP contribution in [0.15, 0.2) is 34.5 Å². The van der Waals surface area contributed by atoms with Gasteiger partial charge in [0.05, 0.1) is 39.1 Å². The number of benzene rings is 2. The molecule has 1 N–H and O–H groups in total. The zero-order chi connectivity index (χ0) is 23.1. The van der Waals surface area contributed by atoms with Crippen molar-refractivity contribution in [3.63, 3.8) is 0 Å². The molecule has 11 heteroatoms. The smallest absolute Gasteiger partial charge is 0.258 e. The normalized spacial score (nSPS) is 11.7. The van der Waals surface area contributed by atoms with Gasteiger partial charge in [-0.05, 0) is 31.2 Å². The summed E-state index contributed by atoms with van der Waals surface area (Å²) < 4.78 is 20.8. The Bertz CT molecular complexity index is 1010. The van der Waals surface area contributed by atoms with E-state index in [1.165, 1.54) is 53.6 Å². The minimum Gasteiger partial charge on any atom is -0.495 e. The van der Waals surface area contributed by atoms with Crippen molar-refractivity contribution in [2.75, 3.05) is 33.8 Å². The first-order valence-corrected chi connectivity index (χ1v) is 9.57. The Morgan fingerprint density at radius 1 is 0.903 bits per heavy atom. The third-order valence-electron chi connectivity index (χ3n) is 4.11. The van der Waals surface area contributed by atoms with Crippen molar-refractivity contribution in [2.24, 2.45) is 10.2 Å². The molecule has 1 atom stereocenters. The second kappa shape index (κ2) is 10.8. The highest BCUT2D eigenvalue weighted by molar-refractivity contribution is 6.34. The van der Waals surface area contributed by atoms with Crippen LogP contribution in [0.25, 0.3) is 0 Å². The van der Waals surface area contributed by atoms with Gasteiger partial charge in [0.25, 0.3) is 5.91 Å². The summed E-state index contributed by atoms with van der Waals surface area (Å²) in [6.45, 7) is 1.22. The van der Waals surface area contributed by atoms with Gasteiger partial charge in [0, 0.05) is 0 Å². The summed E-state index contributed by atoms with van der Waals surface area (Å²) >= 11 is 12.3. The summed E-state index contributed by atoms with van der Waals surface area (Å²) in [6.07, 6.45) is 0. The number of methoxy groups -OCH3 is 4. The Morgan fingerprint density at radius 3 is 2.10 bits per heavy atom. The Balaban J connectivity index is 2.35. The Morgan fingerprint density at radius 2 is 1.55 bits per heavy atom. The van der Waals surface area contributed by atoms with E-state index < -0.39 is 17.7 Å². The van der Waals surface area contributed by atoms with Gasteiger partial charge < -0.3 is 24.3 Å². The molecule has 2 rings (SSSR count). The lowest BCUT2D eigenvalue weighted by molar-refractivity contribution is -0.126. The molecule has 1 unspecified atom stereocenters. The molecule has 0 aliphatic rings. The van der Waals surface area contributed by atoms with Gasteiger partial charge in [0.1, 0.15) is 16.5 Å². The van der Waals surface area contributed by atoms with Crippen molar-refractivity contribution < 1.29 is 28.5 Å². The fourth-order valence-electron chi connectivity index (χ4n) is 2.63. The molecular weight excluding hydrogens is 449 g/mol. The van der Waals surface area contributed by atoms with Gasteiger partial charge in [-0.15, -0.1) is 0 Å². The van der Waals surface area contributed by atoms with Gasteiger partial charge in [0.2, 0.25) is 6.04 Å². The highest BCUT2D eigenvalue weighted by atomic mass is 35.5. The third-order valence-corrected chi connectivity index (χ3v) is 4.77. The van der Waals surface area contributed by atoms with Gasteiger partial charge in [-0.25, -0.2) is 0 Å². The predicted molar refractivity (Wildman–Crippen MR) is 117 cm³/mol. The fourth-order valence-corrected chi connectivity index (χ4v) is 3.17. The average Bonchev–Trinajstić information content (AvgIpc) is 2.74. The number of nitrogens with zero attached hydrogens (tertiary/aromatic N) is 2. The lowest BCUT2D eigenvalue weighted by Gasteiger charge is -2.16. The number of hydrogen-bond acceptors (Lipinski definition) is 8. The fraction of sp³-hybridized carbons (Fsp3) is 0.300. The zero-order valence-corrected chi connectivity index (χ0v) is 19.0. The summed E-state index contributed by atoms with van der Waals surface area (Å²) in [7, 11) is 5.66. The minimum absolute atomic E-state index is 0.184. The molecule has 0 fully saturated rings. The molecule has 0 radical (unpaired) electrons. The molecule has 0 aromatic heterocycles. The first kappa shape index (κ1) is 24.2. The van der Waals surface area contributed by atoms with E-state index >= 15 is 0 Å². The minimum atomic E-state index is -1.43. The van der Waals surface area contributed by atoms with Crippen LogP contribution in [0.4, 0.5) is 11.4 Å². The summed E-state index contributed by atoms with van der Waals surface area (Å²) in [5, 5.41) is 10.9. The lowest BCUT2D eigenvalue weighted by atomic mass is 10.2. The summed E-state index contributed by atoms with van der Waals surface area (Å²) in [5.74, 6) is -0.248. The Labute approximate surface area is 189 Å². The number of ketones is 1. The number of Topliss-reactive ketones (excluding diaryl/α,β-unsaturated/α-hetero) is 1. The van der Waals surface area contributed by atoms with Gasteiger partial charge in [-0.2, -0.15) is 10.2 Å². The topological polar surface area (TPSA) is 108 Å². The predicted octanol–water partition coefficient (Wildman–Crippen LogP) is 4.71. The van der Waals surface area contributed by atoms with Crippen molar-refractivity contribution in [2.45, 2.75) is 13.0 Å². The van der Waals surface area contributed by atoms with Crippen molar-refractivity contribution in [1.29, 1.82) is 0 Å². The molecule has 2 aromatic carbocycles. The van der Waals surface area contributed by atoms with Crippen LogP contribution in [-0.4, -0.2) is 46.2 Å². The molecule has 1 amide bonds. The molecule has 0 spiro atoms. The van der Waals surface area contributed by atoms with Crippen molar-refractivity contribution in [3.8, 4) is 23.0 Å². The molecule has 0 heterocycles. The molecule has 0 aliphatic carbocycles. The van der Waals surface area contributed by atoms with Gasteiger partial charge in [-0.3, -0.25) is 9.59 Å². The molecule has 9 nitrogen and oxygen atoms in total. The zero-order valence-electron chi connectivity index (χ0n) is 17.5. The van der Waals surface area contributed by atoms with Gasteiger partial charge >= 0.3 is 0 Å². The molecule has 31 heavy (non-hydrogen) atoms. The Hall–Kier alpha value is -3.04. The van der Waals surface area contributed by atoms with Crippen LogP contribution in [0.3, 0.4) is 0 Å². The molecule has 0 bridgehead atoms. The van der Waals surface area contributed by atoms with E-state index in [0.29, 0.717) is 10.8 Å². The van der Waals surface area contributed by atoms with E-state index in [-0.39, 0.29) is 33.6 Å². The van der Waals surface area contributed by atoms with Gasteiger partial charge in [-0.1, -0.05) is 23.2 Å². The van der Waals surface area contributed by atoms with Crippen LogP contribution < -0.4 is 24.3 Å². The third kappa shape index (κ3) is 5.36. The molecule has 166 valence electrons. The van der Waals surface area contributed by atoms with E-state index in [9.17, 15) is 9.59 Å². The van der Waals surface area contributed by atoms with Crippen LogP contribution in [-0.2, 0) is 9.59 Å². The molecular formula is C20H21Cl2N3O6. The van der Waals surface area contributed by atoms with E-state index in [0.717, 1.165) is 0 Å². The number of carbonyl (C=O) groups is 2. The van der Waals surface area contributed by atoms with Crippen LogP contribution in [0.5, 0.6) is 23.0 Å². The van der Waals surface area contributed by atoms with E-state index in [4.69, 9.17) is 42.1 Å². The van der Waals surface area contributed by atoms with Crippen molar-refractivity contribution >= 4 is 46.3 Å². The van der Waals surface area contributed by atoms with Crippen LogP contribution in [0.2, 0.25) is 10.0 Å². The maximum Gasteiger partial charge on any atom is 0.258 e. The summed E-state index contributed by atoms with van der Waals surface area (Å²) in [6, 6.07) is 4.70. The highest BCUT2D eigenvalue weighted by Gasteiger charge is 2.26. The van der Waals surface area contributed by atoms with Crippen LogP contribution in [0.1, 0.15) is 6.92 Å². The van der Waals surface area contributed by atoms with Crippen LogP contribution in [0, 0.1) is 0 Å². The molecule has 0 saturated heterocycles. The number of carbonyl (C=O) groups excluding carboxylic acids is 2.